The first kappa shape index (κ1) is 20.3. The molecule has 0 fully saturated rings. The molecule has 0 aliphatic rings. The lowest BCUT2D eigenvalue weighted by Gasteiger charge is -2.08. The SMILES string of the molecule is Cc1ccc(-c2ccc(S(=O)(=O)NCCCc3cnc4cc(C)nn4c3)cc2)cc1. The maximum atomic E-state index is 12.6. The van der Waals surface area contributed by atoms with E-state index in [0.717, 1.165) is 34.5 Å². The van der Waals surface area contributed by atoms with Crippen molar-refractivity contribution in [1.82, 2.24) is 19.3 Å². The number of sulfonamides is 1. The Hall–Kier alpha value is -3.03. The molecule has 0 aliphatic heterocycles. The number of aryl methyl sites for hydroxylation is 3. The number of hydrogen-bond donors (Lipinski definition) is 1. The van der Waals surface area contributed by atoms with Crippen LogP contribution in [-0.4, -0.2) is 29.6 Å². The molecule has 30 heavy (non-hydrogen) atoms. The molecule has 2 heterocycles. The fourth-order valence-electron chi connectivity index (χ4n) is 3.32. The molecule has 0 bridgehead atoms. The minimum atomic E-state index is -3.53. The lowest BCUT2D eigenvalue weighted by Crippen LogP contribution is -2.25. The van der Waals surface area contributed by atoms with Gasteiger partial charge in [0.2, 0.25) is 10.0 Å². The normalized spacial score (nSPS) is 11.8. The highest BCUT2D eigenvalue weighted by Crippen LogP contribution is 2.21. The standard InChI is InChI=1S/C23H24N4O2S/c1-17-5-7-20(8-6-17)21-9-11-22(12-10-21)30(28,29)25-13-3-4-19-15-24-23-14-18(2)26-27(23)16-19/h5-12,14-16,25H,3-4,13H2,1-2H3. The molecule has 2 aromatic carbocycles. The van der Waals surface area contributed by atoms with E-state index in [1.165, 1.54) is 5.56 Å². The van der Waals surface area contributed by atoms with Crippen LogP contribution in [0, 0.1) is 13.8 Å². The number of aromatic nitrogens is 3. The van der Waals surface area contributed by atoms with E-state index in [1.807, 2.05) is 68.7 Å². The molecule has 7 heteroatoms. The van der Waals surface area contributed by atoms with Crippen molar-refractivity contribution in [3.8, 4) is 11.1 Å². The Balaban J connectivity index is 1.34. The van der Waals surface area contributed by atoms with Crippen molar-refractivity contribution in [2.45, 2.75) is 31.6 Å². The average molecular weight is 421 g/mol. The van der Waals surface area contributed by atoms with E-state index in [-0.39, 0.29) is 4.90 Å². The fraction of sp³-hybridized carbons (Fsp3) is 0.217. The summed E-state index contributed by atoms with van der Waals surface area (Å²) < 4.78 is 29.6. The Morgan fingerprint density at radius 2 is 1.63 bits per heavy atom. The third kappa shape index (κ3) is 4.58. The van der Waals surface area contributed by atoms with Gasteiger partial charge in [0.25, 0.3) is 0 Å². The first-order chi connectivity index (χ1) is 14.4. The van der Waals surface area contributed by atoms with E-state index in [9.17, 15) is 8.42 Å². The van der Waals surface area contributed by atoms with Crippen molar-refractivity contribution in [3.63, 3.8) is 0 Å². The molecule has 2 aromatic heterocycles. The second-order valence-corrected chi connectivity index (χ2v) is 9.21. The summed E-state index contributed by atoms with van der Waals surface area (Å²) in [6, 6.07) is 17.1. The van der Waals surface area contributed by atoms with Gasteiger partial charge in [-0.25, -0.2) is 22.6 Å². The highest BCUT2D eigenvalue weighted by Gasteiger charge is 2.13. The van der Waals surface area contributed by atoms with Crippen molar-refractivity contribution < 1.29 is 8.42 Å². The average Bonchev–Trinajstić information content (AvgIpc) is 3.11. The van der Waals surface area contributed by atoms with Crippen LogP contribution < -0.4 is 4.72 Å². The van der Waals surface area contributed by atoms with Gasteiger partial charge in [-0.3, -0.25) is 0 Å². The number of rotatable bonds is 7. The summed E-state index contributed by atoms with van der Waals surface area (Å²) in [6.07, 6.45) is 5.15. The Morgan fingerprint density at radius 3 is 2.33 bits per heavy atom. The van der Waals surface area contributed by atoms with Gasteiger partial charge < -0.3 is 0 Å². The highest BCUT2D eigenvalue weighted by atomic mass is 32.2. The Kier molecular flexibility index (Phi) is 5.65. The summed E-state index contributed by atoms with van der Waals surface area (Å²) in [5.41, 5.74) is 6.00. The van der Waals surface area contributed by atoms with Gasteiger partial charge >= 0.3 is 0 Å². The highest BCUT2D eigenvalue weighted by molar-refractivity contribution is 7.89. The maximum Gasteiger partial charge on any atom is 0.240 e. The zero-order valence-electron chi connectivity index (χ0n) is 17.0. The van der Waals surface area contributed by atoms with Crippen molar-refractivity contribution in [1.29, 1.82) is 0 Å². The quantitative estimate of drug-likeness (QED) is 0.460. The largest absolute Gasteiger partial charge is 0.240 e. The van der Waals surface area contributed by atoms with Gasteiger partial charge in [-0.05, 0) is 55.5 Å². The van der Waals surface area contributed by atoms with Crippen LogP contribution in [0.2, 0.25) is 0 Å². The molecule has 0 saturated heterocycles. The summed E-state index contributed by atoms with van der Waals surface area (Å²) >= 11 is 0. The van der Waals surface area contributed by atoms with Gasteiger partial charge in [0, 0.05) is 25.0 Å². The lowest BCUT2D eigenvalue weighted by atomic mass is 10.0. The maximum absolute atomic E-state index is 12.6. The number of fused-ring (bicyclic) bond motifs is 1. The summed E-state index contributed by atoms with van der Waals surface area (Å²) in [7, 11) is -3.53. The second kappa shape index (κ2) is 8.38. The molecule has 4 rings (SSSR count). The predicted octanol–water partition coefficient (Wildman–Crippen LogP) is 3.92. The van der Waals surface area contributed by atoms with Crippen LogP contribution in [0.4, 0.5) is 0 Å². The minimum absolute atomic E-state index is 0.272. The molecule has 1 N–H and O–H groups in total. The fourth-order valence-corrected chi connectivity index (χ4v) is 4.39. The van der Waals surface area contributed by atoms with E-state index in [4.69, 9.17) is 0 Å². The van der Waals surface area contributed by atoms with Crippen LogP contribution in [0.3, 0.4) is 0 Å². The smallest absolute Gasteiger partial charge is 0.237 e. The third-order valence-corrected chi connectivity index (χ3v) is 6.45. The molecule has 0 unspecified atom stereocenters. The minimum Gasteiger partial charge on any atom is -0.237 e. The van der Waals surface area contributed by atoms with Crippen LogP contribution in [0.1, 0.15) is 23.2 Å². The van der Waals surface area contributed by atoms with Gasteiger partial charge in [-0.2, -0.15) is 5.10 Å². The van der Waals surface area contributed by atoms with Gasteiger partial charge in [0.15, 0.2) is 5.65 Å². The third-order valence-electron chi connectivity index (χ3n) is 4.97. The molecule has 0 aliphatic carbocycles. The molecular weight excluding hydrogens is 396 g/mol. The first-order valence-corrected chi connectivity index (χ1v) is 11.4. The molecule has 154 valence electrons. The van der Waals surface area contributed by atoms with Crippen molar-refractivity contribution >= 4 is 15.7 Å². The zero-order valence-corrected chi connectivity index (χ0v) is 17.9. The van der Waals surface area contributed by atoms with Crippen LogP contribution in [-0.2, 0) is 16.4 Å². The number of benzene rings is 2. The summed E-state index contributed by atoms with van der Waals surface area (Å²) in [4.78, 5) is 4.65. The molecule has 0 amide bonds. The second-order valence-electron chi connectivity index (χ2n) is 7.44. The van der Waals surface area contributed by atoms with Crippen molar-refractivity contribution in [3.05, 3.63) is 83.8 Å². The number of nitrogens with zero attached hydrogens (tertiary/aromatic N) is 3. The molecule has 0 saturated carbocycles. The molecule has 0 spiro atoms. The molecule has 4 aromatic rings. The lowest BCUT2D eigenvalue weighted by molar-refractivity contribution is 0.579. The van der Waals surface area contributed by atoms with E-state index in [0.29, 0.717) is 13.0 Å². The van der Waals surface area contributed by atoms with Crippen LogP contribution in [0.15, 0.2) is 71.9 Å². The van der Waals surface area contributed by atoms with E-state index >= 15 is 0 Å². The predicted molar refractivity (Wildman–Crippen MR) is 118 cm³/mol. The Bertz CT molecular complexity index is 1260. The topological polar surface area (TPSA) is 76.4 Å². The Labute approximate surface area is 176 Å². The summed E-state index contributed by atoms with van der Waals surface area (Å²) in [5, 5.41) is 4.36. The van der Waals surface area contributed by atoms with Crippen LogP contribution >= 0.6 is 0 Å². The van der Waals surface area contributed by atoms with E-state index < -0.39 is 10.0 Å². The first-order valence-electron chi connectivity index (χ1n) is 9.88. The molecular formula is C23H24N4O2S. The van der Waals surface area contributed by atoms with Crippen molar-refractivity contribution in [2.24, 2.45) is 0 Å². The Morgan fingerprint density at radius 1 is 0.967 bits per heavy atom. The molecule has 0 radical (unpaired) electrons. The molecule has 6 nitrogen and oxygen atoms in total. The van der Waals surface area contributed by atoms with Gasteiger partial charge in [0.05, 0.1) is 10.6 Å². The number of nitrogens with one attached hydrogen (secondary N) is 1. The summed E-state index contributed by atoms with van der Waals surface area (Å²) in [5.74, 6) is 0. The van der Waals surface area contributed by atoms with Gasteiger partial charge in [-0.1, -0.05) is 42.0 Å². The van der Waals surface area contributed by atoms with Crippen molar-refractivity contribution in [2.75, 3.05) is 6.54 Å². The van der Waals surface area contributed by atoms with E-state index in [2.05, 4.69) is 14.8 Å². The van der Waals surface area contributed by atoms with Crippen LogP contribution in [0.5, 0.6) is 0 Å². The van der Waals surface area contributed by atoms with E-state index in [1.54, 1.807) is 16.6 Å². The zero-order chi connectivity index (χ0) is 21.1. The van der Waals surface area contributed by atoms with Gasteiger partial charge in [0.1, 0.15) is 0 Å². The van der Waals surface area contributed by atoms with Crippen LogP contribution in [0.25, 0.3) is 16.8 Å². The molecule has 0 atom stereocenters. The monoisotopic (exact) mass is 420 g/mol. The summed E-state index contributed by atoms with van der Waals surface area (Å²) in [6.45, 7) is 4.33. The van der Waals surface area contributed by atoms with Gasteiger partial charge in [-0.15, -0.1) is 0 Å². The number of hydrogen-bond acceptors (Lipinski definition) is 4.